The number of amides is 2. The molecule has 4 atom stereocenters. The van der Waals surface area contributed by atoms with E-state index >= 15 is 0 Å². The summed E-state index contributed by atoms with van der Waals surface area (Å²) in [5.74, 6) is -0.958. The molecule has 0 aliphatic heterocycles. The van der Waals surface area contributed by atoms with Crippen LogP contribution in [0.15, 0.2) is 12.2 Å². The van der Waals surface area contributed by atoms with Crippen molar-refractivity contribution in [3.63, 3.8) is 0 Å². The zero-order valence-corrected chi connectivity index (χ0v) is 19.6. The highest BCUT2D eigenvalue weighted by Crippen LogP contribution is 2.27. The van der Waals surface area contributed by atoms with Crippen molar-refractivity contribution < 1.29 is 38.8 Å². The molecule has 1 saturated carbocycles. The average molecular weight is 444 g/mol. The maximum atomic E-state index is 12.8. The monoisotopic (exact) mass is 443 g/mol. The molecular weight excluding hydrogens is 406 g/mol. The number of imide groups is 1. The van der Waals surface area contributed by atoms with E-state index in [0.717, 1.165) is 0 Å². The lowest BCUT2D eigenvalue weighted by Gasteiger charge is -2.32. The fourth-order valence-corrected chi connectivity index (χ4v) is 3.16. The summed E-state index contributed by atoms with van der Waals surface area (Å²) < 4.78 is 15.5. The SMILES string of the molecule is COC(=O)[C@H](CC/C=C/[C@@H]1CC[C@@H](O)[C@H]1O)N(C(=O)OC(C)(C)C)C(=O)OC(C)(C)C. The number of nitrogens with zero attached hydrogens (tertiary/aromatic N) is 1. The molecule has 1 aliphatic carbocycles. The summed E-state index contributed by atoms with van der Waals surface area (Å²) in [6.07, 6.45) is 1.53. The highest BCUT2D eigenvalue weighted by molar-refractivity contribution is 5.94. The van der Waals surface area contributed by atoms with Crippen molar-refractivity contribution in [3.8, 4) is 0 Å². The molecule has 1 fully saturated rings. The van der Waals surface area contributed by atoms with Gasteiger partial charge in [-0.15, -0.1) is 0 Å². The molecule has 0 aromatic rings. The van der Waals surface area contributed by atoms with Crippen LogP contribution in [0.25, 0.3) is 0 Å². The third-order valence-corrected chi connectivity index (χ3v) is 4.58. The van der Waals surface area contributed by atoms with Crippen LogP contribution in [0.5, 0.6) is 0 Å². The van der Waals surface area contributed by atoms with Gasteiger partial charge < -0.3 is 24.4 Å². The van der Waals surface area contributed by atoms with Gasteiger partial charge in [0.15, 0.2) is 0 Å². The van der Waals surface area contributed by atoms with Crippen LogP contribution in [0.3, 0.4) is 0 Å². The van der Waals surface area contributed by atoms with Crippen LogP contribution in [0, 0.1) is 5.92 Å². The Hall–Kier alpha value is -2.13. The molecule has 9 nitrogen and oxygen atoms in total. The first-order chi connectivity index (χ1) is 14.2. The van der Waals surface area contributed by atoms with Crippen molar-refractivity contribution in [2.24, 2.45) is 5.92 Å². The van der Waals surface area contributed by atoms with Crippen LogP contribution in [0.1, 0.15) is 67.2 Å². The normalized spacial score (nSPS) is 22.8. The summed E-state index contributed by atoms with van der Waals surface area (Å²) in [6, 6.07) is -1.25. The van der Waals surface area contributed by atoms with Crippen molar-refractivity contribution >= 4 is 18.2 Å². The second-order valence-electron chi connectivity index (χ2n) is 9.67. The van der Waals surface area contributed by atoms with Gasteiger partial charge in [-0.25, -0.2) is 14.4 Å². The van der Waals surface area contributed by atoms with Crippen molar-refractivity contribution in [3.05, 3.63) is 12.2 Å². The minimum Gasteiger partial charge on any atom is -0.467 e. The van der Waals surface area contributed by atoms with Gasteiger partial charge in [0.25, 0.3) is 0 Å². The van der Waals surface area contributed by atoms with E-state index in [1.165, 1.54) is 7.11 Å². The van der Waals surface area contributed by atoms with Gasteiger partial charge in [0.1, 0.15) is 17.2 Å². The number of aliphatic hydroxyl groups is 2. The molecule has 0 bridgehead atoms. The Bertz CT molecular complexity index is 633. The molecule has 2 N–H and O–H groups in total. The molecule has 0 radical (unpaired) electrons. The average Bonchev–Trinajstić information content (AvgIpc) is 2.92. The van der Waals surface area contributed by atoms with Gasteiger partial charge in [-0.05, 0) is 67.2 Å². The zero-order valence-electron chi connectivity index (χ0n) is 19.6. The number of carbonyl (C=O) groups is 3. The molecule has 0 saturated heterocycles. The van der Waals surface area contributed by atoms with Crippen LogP contribution >= 0.6 is 0 Å². The van der Waals surface area contributed by atoms with E-state index in [2.05, 4.69) is 0 Å². The first kappa shape index (κ1) is 26.9. The van der Waals surface area contributed by atoms with E-state index in [1.807, 2.05) is 0 Å². The van der Waals surface area contributed by atoms with Gasteiger partial charge in [-0.2, -0.15) is 4.90 Å². The molecule has 0 aromatic carbocycles. The summed E-state index contributed by atoms with van der Waals surface area (Å²) in [6.45, 7) is 9.89. The third-order valence-electron chi connectivity index (χ3n) is 4.58. The quantitative estimate of drug-likeness (QED) is 0.365. The van der Waals surface area contributed by atoms with E-state index in [4.69, 9.17) is 14.2 Å². The van der Waals surface area contributed by atoms with Gasteiger partial charge in [-0.3, -0.25) is 0 Å². The lowest BCUT2D eigenvalue weighted by molar-refractivity contribution is -0.146. The number of rotatable bonds is 6. The Balaban J connectivity index is 3.03. The highest BCUT2D eigenvalue weighted by atomic mass is 16.6. The van der Waals surface area contributed by atoms with Crippen LogP contribution in [0.4, 0.5) is 9.59 Å². The Kier molecular flexibility index (Phi) is 9.50. The van der Waals surface area contributed by atoms with Gasteiger partial charge in [0.05, 0.1) is 19.3 Å². The standard InChI is InChI=1S/C22H37NO8/c1-21(2,3)30-19(27)23(20(28)31-22(4,5)6)15(18(26)29-7)11-9-8-10-14-12-13-16(24)17(14)25/h8,10,14-17,24-25H,9,11-13H2,1-7H3/b10-8+/t14-,15+,16-,17+/m1/s1. The summed E-state index contributed by atoms with van der Waals surface area (Å²) >= 11 is 0. The fraction of sp³-hybridized carbons (Fsp3) is 0.773. The summed E-state index contributed by atoms with van der Waals surface area (Å²) in [7, 11) is 1.17. The van der Waals surface area contributed by atoms with Crippen molar-refractivity contribution in [1.82, 2.24) is 4.90 Å². The molecule has 2 amide bonds. The van der Waals surface area contributed by atoms with Crippen molar-refractivity contribution in [2.45, 2.75) is 96.7 Å². The second-order valence-corrected chi connectivity index (χ2v) is 9.67. The van der Waals surface area contributed by atoms with E-state index in [9.17, 15) is 24.6 Å². The van der Waals surface area contributed by atoms with Crippen molar-refractivity contribution in [1.29, 1.82) is 0 Å². The van der Waals surface area contributed by atoms with Crippen LogP contribution in [-0.4, -0.2) is 69.8 Å². The van der Waals surface area contributed by atoms with Gasteiger partial charge in [-0.1, -0.05) is 12.2 Å². The minimum atomic E-state index is -1.25. The van der Waals surface area contributed by atoms with Gasteiger partial charge in [0, 0.05) is 5.92 Å². The molecule has 31 heavy (non-hydrogen) atoms. The summed E-state index contributed by atoms with van der Waals surface area (Å²) in [5.41, 5.74) is -1.78. The van der Waals surface area contributed by atoms with E-state index in [1.54, 1.807) is 53.7 Å². The van der Waals surface area contributed by atoms with Crippen molar-refractivity contribution in [2.75, 3.05) is 7.11 Å². The first-order valence-electron chi connectivity index (χ1n) is 10.5. The van der Waals surface area contributed by atoms with E-state index in [0.29, 0.717) is 24.2 Å². The summed E-state index contributed by atoms with van der Waals surface area (Å²) in [5, 5.41) is 19.6. The molecule has 9 heteroatoms. The fourth-order valence-electron chi connectivity index (χ4n) is 3.16. The van der Waals surface area contributed by atoms with E-state index in [-0.39, 0.29) is 12.3 Å². The maximum Gasteiger partial charge on any atom is 0.420 e. The number of esters is 1. The lowest BCUT2D eigenvalue weighted by atomic mass is 10.0. The second kappa shape index (κ2) is 10.9. The van der Waals surface area contributed by atoms with Crippen LogP contribution in [-0.2, 0) is 19.0 Å². The number of ether oxygens (including phenoxy) is 3. The first-order valence-corrected chi connectivity index (χ1v) is 10.5. The number of allylic oxidation sites excluding steroid dienone is 1. The molecule has 0 aromatic heterocycles. The molecule has 0 heterocycles. The number of carbonyl (C=O) groups excluding carboxylic acids is 3. The zero-order chi connectivity index (χ0) is 24.0. The molecular formula is C22H37NO8. The Morgan fingerprint density at radius 1 is 1.00 bits per heavy atom. The molecule has 0 unspecified atom stereocenters. The predicted molar refractivity (Wildman–Crippen MR) is 113 cm³/mol. The largest absolute Gasteiger partial charge is 0.467 e. The van der Waals surface area contributed by atoms with Crippen LogP contribution in [0.2, 0.25) is 0 Å². The molecule has 0 spiro atoms. The maximum absolute atomic E-state index is 12.8. The third kappa shape index (κ3) is 8.86. The predicted octanol–water partition coefficient (Wildman–Crippen LogP) is 3.17. The lowest BCUT2D eigenvalue weighted by Crippen LogP contribution is -2.52. The number of methoxy groups -OCH3 is 1. The van der Waals surface area contributed by atoms with Crippen LogP contribution < -0.4 is 0 Å². The van der Waals surface area contributed by atoms with E-state index < -0.39 is 47.6 Å². The summed E-state index contributed by atoms with van der Waals surface area (Å²) in [4.78, 5) is 38.7. The van der Waals surface area contributed by atoms with Gasteiger partial charge >= 0.3 is 18.2 Å². The Labute approximate surface area is 184 Å². The smallest absolute Gasteiger partial charge is 0.420 e. The number of aliphatic hydroxyl groups excluding tert-OH is 2. The van der Waals surface area contributed by atoms with Gasteiger partial charge in [0.2, 0.25) is 0 Å². The number of hydrogen-bond donors (Lipinski definition) is 2. The minimum absolute atomic E-state index is 0.0764. The molecule has 1 aliphatic rings. The molecule has 178 valence electrons. The molecule has 1 rings (SSSR count). The highest BCUT2D eigenvalue weighted by Gasteiger charge is 2.40. The Morgan fingerprint density at radius 2 is 1.52 bits per heavy atom. The number of hydrogen-bond acceptors (Lipinski definition) is 8. The Morgan fingerprint density at radius 3 is 1.90 bits per heavy atom. The topological polar surface area (TPSA) is 123 Å².